The van der Waals surface area contributed by atoms with Crippen LogP contribution in [0.3, 0.4) is 0 Å². The molecule has 0 spiro atoms. The minimum atomic E-state index is -3.11. The van der Waals surface area contributed by atoms with Crippen LogP contribution in [0.25, 0.3) is 0 Å². The van der Waals surface area contributed by atoms with Crippen molar-refractivity contribution < 1.29 is 13.5 Å². The molecule has 0 aromatic heterocycles. The molecule has 0 aliphatic carbocycles. The van der Waals surface area contributed by atoms with Gasteiger partial charge < -0.3 is 15.3 Å². The van der Waals surface area contributed by atoms with E-state index < -0.39 is 22.0 Å². The maximum absolute atomic E-state index is 11.4. The molecular weight excluding hydrogens is 252 g/mol. The maximum Gasteiger partial charge on any atom is 0.155 e. The molecule has 1 saturated heterocycles. The monoisotopic (exact) mass is 270 g/mol. The van der Waals surface area contributed by atoms with E-state index in [1.54, 1.807) is 0 Å². The fourth-order valence-corrected chi connectivity index (χ4v) is 3.80. The summed E-state index contributed by atoms with van der Waals surface area (Å²) in [5, 5.41) is 12.8. The summed E-state index contributed by atoms with van der Waals surface area (Å²) in [6.07, 6.45) is -0.835. The third kappa shape index (κ3) is 2.94. The van der Waals surface area contributed by atoms with Crippen LogP contribution in [0.15, 0.2) is 24.3 Å². The quantitative estimate of drug-likeness (QED) is 0.828. The van der Waals surface area contributed by atoms with Crippen molar-refractivity contribution in [3.8, 4) is 0 Å². The molecule has 1 aromatic carbocycles. The van der Waals surface area contributed by atoms with Crippen LogP contribution in [-0.2, 0) is 9.84 Å². The Kier molecular flexibility index (Phi) is 3.49. The molecule has 2 N–H and O–H groups in total. The molecule has 1 aromatic rings. The molecule has 5 nitrogen and oxygen atoms in total. The Morgan fingerprint density at radius 2 is 2.06 bits per heavy atom. The minimum absolute atomic E-state index is 0.0135. The molecule has 2 unspecified atom stereocenters. The number of nitrogens with one attached hydrogen (secondary N) is 1. The van der Waals surface area contributed by atoms with Gasteiger partial charge in [-0.3, -0.25) is 0 Å². The van der Waals surface area contributed by atoms with Crippen LogP contribution in [0.5, 0.6) is 0 Å². The smallest absolute Gasteiger partial charge is 0.155 e. The number of aliphatic hydroxyl groups excluding tert-OH is 1. The Bertz CT molecular complexity index is 528. The highest BCUT2D eigenvalue weighted by Gasteiger charge is 2.36. The molecule has 1 aliphatic rings. The van der Waals surface area contributed by atoms with Gasteiger partial charge in [0.15, 0.2) is 9.84 Å². The molecule has 1 aliphatic heterocycles. The van der Waals surface area contributed by atoms with Gasteiger partial charge in [0.2, 0.25) is 0 Å². The lowest BCUT2D eigenvalue weighted by Crippen LogP contribution is -2.31. The van der Waals surface area contributed by atoms with E-state index in [1.165, 1.54) is 0 Å². The van der Waals surface area contributed by atoms with Crippen molar-refractivity contribution in [2.45, 2.75) is 12.1 Å². The van der Waals surface area contributed by atoms with E-state index in [0.29, 0.717) is 0 Å². The van der Waals surface area contributed by atoms with Gasteiger partial charge >= 0.3 is 0 Å². The number of rotatable bonds is 3. The van der Waals surface area contributed by atoms with E-state index in [2.05, 4.69) is 5.32 Å². The van der Waals surface area contributed by atoms with E-state index in [4.69, 9.17) is 0 Å². The summed E-state index contributed by atoms with van der Waals surface area (Å²) >= 11 is 0. The van der Waals surface area contributed by atoms with Gasteiger partial charge in [0.05, 0.1) is 23.7 Å². The van der Waals surface area contributed by atoms with Gasteiger partial charge in [-0.25, -0.2) is 8.42 Å². The molecular formula is C12H18N2O3S. The predicted molar refractivity (Wildman–Crippen MR) is 72.8 cm³/mol. The van der Waals surface area contributed by atoms with Gasteiger partial charge in [-0.2, -0.15) is 0 Å². The van der Waals surface area contributed by atoms with E-state index in [-0.39, 0.29) is 11.5 Å². The summed E-state index contributed by atoms with van der Waals surface area (Å²) in [7, 11) is 0.763. The summed E-state index contributed by atoms with van der Waals surface area (Å²) in [6, 6.07) is 7.23. The Hall–Kier alpha value is -1.27. The SMILES string of the molecule is CN(C)c1cccc(NC2CS(=O)(=O)CC2O)c1. The highest BCUT2D eigenvalue weighted by Crippen LogP contribution is 2.21. The van der Waals surface area contributed by atoms with Crippen molar-refractivity contribution in [1.29, 1.82) is 0 Å². The second kappa shape index (κ2) is 4.78. The van der Waals surface area contributed by atoms with Crippen LogP contribution >= 0.6 is 0 Å². The molecule has 100 valence electrons. The predicted octanol–water partition coefficient (Wildman–Crippen LogP) is 0.322. The average Bonchev–Trinajstić information content (AvgIpc) is 2.52. The number of nitrogens with zero attached hydrogens (tertiary/aromatic N) is 1. The van der Waals surface area contributed by atoms with E-state index in [9.17, 15) is 13.5 Å². The minimum Gasteiger partial charge on any atom is -0.390 e. The van der Waals surface area contributed by atoms with Crippen molar-refractivity contribution in [1.82, 2.24) is 0 Å². The van der Waals surface area contributed by atoms with E-state index in [1.807, 2.05) is 43.3 Å². The Morgan fingerprint density at radius 3 is 2.61 bits per heavy atom. The molecule has 1 fully saturated rings. The first-order valence-corrected chi connectivity index (χ1v) is 7.62. The lowest BCUT2D eigenvalue weighted by atomic mass is 10.2. The zero-order chi connectivity index (χ0) is 13.3. The van der Waals surface area contributed by atoms with Crippen molar-refractivity contribution in [2.75, 3.05) is 35.8 Å². The molecule has 6 heteroatoms. The Balaban J connectivity index is 2.13. The summed E-state index contributed by atoms with van der Waals surface area (Å²) in [5.41, 5.74) is 1.85. The molecule has 0 amide bonds. The van der Waals surface area contributed by atoms with Gasteiger partial charge in [0, 0.05) is 25.5 Å². The molecule has 2 atom stereocenters. The number of sulfone groups is 1. The second-order valence-corrected chi connectivity index (χ2v) is 6.99. The maximum atomic E-state index is 11.4. The number of hydrogen-bond acceptors (Lipinski definition) is 5. The summed E-state index contributed by atoms with van der Waals surface area (Å²) in [6.45, 7) is 0. The van der Waals surface area contributed by atoms with Crippen LogP contribution in [0.1, 0.15) is 0 Å². The first-order chi connectivity index (χ1) is 8.37. The van der Waals surface area contributed by atoms with Gasteiger partial charge in [-0.05, 0) is 18.2 Å². The van der Waals surface area contributed by atoms with Crippen molar-refractivity contribution in [3.63, 3.8) is 0 Å². The second-order valence-electron chi connectivity index (χ2n) is 4.84. The van der Waals surface area contributed by atoms with Crippen LogP contribution in [0, 0.1) is 0 Å². The van der Waals surface area contributed by atoms with Crippen LogP contribution in [0.2, 0.25) is 0 Å². The molecule has 1 heterocycles. The lowest BCUT2D eigenvalue weighted by molar-refractivity contribution is 0.190. The number of aliphatic hydroxyl groups is 1. The van der Waals surface area contributed by atoms with E-state index in [0.717, 1.165) is 11.4 Å². The third-order valence-electron chi connectivity index (χ3n) is 3.04. The van der Waals surface area contributed by atoms with Crippen LogP contribution in [0.4, 0.5) is 11.4 Å². The Morgan fingerprint density at radius 1 is 1.33 bits per heavy atom. The molecule has 0 saturated carbocycles. The average molecular weight is 270 g/mol. The molecule has 18 heavy (non-hydrogen) atoms. The first kappa shape index (κ1) is 13.2. The zero-order valence-corrected chi connectivity index (χ0v) is 11.3. The zero-order valence-electron chi connectivity index (χ0n) is 10.5. The molecule has 0 radical (unpaired) electrons. The van der Waals surface area contributed by atoms with Gasteiger partial charge in [-0.15, -0.1) is 0 Å². The fraction of sp³-hybridized carbons (Fsp3) is 0.500. The van der Waals surface area contributed by atoms with E-state index >= 15 is 0 Å². The summed E-state index contributed by atoms with van der Waals surface area (Å²) < 4.78 is 22.8. The van der Waals surface area contributed by atoms with Crippen LogP contribution < -0.4 is 10.2 Å². The number of benzene rings is 1. The fourth-order valence-electron chi connectivity index (χ4n) is 2.05. The van der Waals surface area contributed by atoms with Crippen molar-refractivity contribution >= 4 is 21.2 Å². The highest BCUT2D eigenvalue weighted by atomic mass is 32.2. The Labute approximate surface area is 107 Å². The number of hydrogen-bond donors (Lipinski definition) is 2. The highest BCUT2D eigenvalue weighted by molar-refractivity contribution is 7.91. The molecule has 0 bridgehead atoms. The molecule has 2 rings (SSSR count). The number of anilines is 2. The van der Waals surface area contributed by atoms with Crippen LogP contribution in [-0.4, -0.2) is 51.3 Å². The standard InChI is InChI=1S/C12H18N2O3S/c1-14(2)10-5-3-4-9(6-10)13-11-7-18(16,17)8-12(11)15/h3-6,11-13,15H,7-8H2,1-2H3. The normalized spacial score (nSPS) is 25.9. The van der Waals surface area contributed by atoms with Gasteiger partial charge in [-0.1, -0.05) is 6.07 Å². The summed E-state index contributed by atoms with van der Waals surface area (Å²) in [4.78, 5) is 1.97. The lowest BCUT2D eigenvalue weighted by Gasteiger charge is -2.18. The van der Waals surface area contributed by atoms with Gasteiger partial charge in [0.25, 0.3) is 0 Å². The summed E-state index contributed by atoms with van der Waals surface area (Å²) in [5.74, 6) is -0.168. The largest absolute Gasteiger partial charge is 0.390 e. The van der Waals surface area contributed by atoms with Crippen molar-refractivity contribution in [3.05, 3.63) is 24.3 Å². The van der Waals surface area contributed by atoms with Crippen molar-refractivity contribution in [2.24, 2.45) is 0 Å². The first-order valence-electron chi connectivity index (χ1n) is 5.80. The van der Waals surface area contributed by atoms with Gasteiger partial charge in [0.1, 0.15) is 0 Å². The third-order valence-corrected chi connectivity index (χ3v) is 4.75. The topological polar surface area (TPSA) is 69.6 Å².